The Morgan fingerprint density at radius 2 is 1.88 bits per heavy atom. The summed E-state index contributed by atoms with van der Waals surface area (Å²) in [6, 6.07) is 13.0. The van der Waals surface area contributed by atoms with E-state index in [2.05, 4.69) is 20.4 Å². The van der Waals surface area contributed by atoms with Gasteiger partial charge in [-0.25, -0.2) is 23.8 Å². The zero-order valence-electron chi connectivity index (χ0n) is 18.1. The van der Waals surface area contributed by atoms with E-state index in [1.807, 2.05) is 0 Å². The van der Waals surface area contributed by atoms with Crippen molar-refractivity contribution >= 4 is 46.4 Å². The first-order chi connectivity index (χ1) is 16.5. The number of carbonyl (C=O) groups excluding carboxylic acids is 2. The molecule has 0 aliphatic carbocycles. The predicted molar refractivity (Wildman–Crippen MR) is 128 cm³/mol. The summed E-state index contributed by atoms with van der Waals surface area (Å²) in [5.41, 5.74) is 2.68. The highest BCUT2D eigenvalue weighted by Gasteiger charge is 2.13. The van der Waals surface area contributed by atoms with Gasteiger partial charge in [0, 0.05) is 11.8 Å². The van der Waals surface area contributed by atoms with Crippen molar-refractivity contribution in [2.45, 2.75) is 11.9 Å². The highest BCUT2D eigenvalue weighted by Crippen LogP contribution is 2.26. The summed E-state index contributed by atoms with van der Waals surface area (Å²) >= 11 is 1.27. The summed E-state index contributed by atoms with van der Waals surface area (Å²) in [5.74, 6) is -0.797. The second kappa shape index (κ2) is 10.7. The highest BCUT2D eigenvalue weighted by molar-refractivity contribution is 8.00. The molecule has 0 atom stereocenters. The molecule has 1 N–H and O–H groups in total. The molecule has 2 heterocycles. The number of hydrogen-bond donors (Lipinski definition) is 1. The standard InChI is InChI=1S/C24H20FN5O3S/c1-2-33-22(32)12-5-16-3-8-18(9-4-16)29-21(31)14-34-24-20-13-28-30(23(20)26-15-27-24)19-10-6-17(25)7-11-19/h3-13,15H,2,14H2,1H3,(H,29,31)/b12-5+. The lowest BCUT2D eigenvalue weighted by atomic mass is 10.2. The Morgan fingerprint density at radius 1 is 1.12 bits per heavy atom. The number of ether oxygens (including phenoxy) is 1. The number of aromatic nitrogens is 4. The van der Waals surface area contributed by atoms with Crippen molar-refractivity contribution in [2.75, 3.05) is 17.7 Å². The number of thioether (sulfide) groups is 1. The highest BCUT2D eigenvalue weighted by atomic mass is 32.2. The van der Waals surface area contributed by atoms with Gasteiger partial charge in [0.15, 0.2) is 5.65 Å². The van der Waals surface area contributed by atoms with E-state index in [0.717, 1.165) is 5.56 Å². The number of carbonyl (C=O) groups is 2. The monoisotopic (exact) mass is 477 g/mol. The van der Waals surface area contributed by atoms with E-state index in [1.165, 1.54) is 36.3 Å². The molecule has 1 amide bonds. The van der Waals surface area contributed by atoms with Crippen molar-refractivity contribution in [3.8, 4) is 5.69 Å². The van der Waals surface area contributed by atoms with Crippen LogP contribution in [0.5, 0.6) is 0 Å². The van der Waals surface area contributed by atoms with Crippen molar-refractivity contribution in [3.63, 3.8) is 0 Å². The van der Waals surface area contributed by atoms with Crippen LogP contribution in [-0.4, -0.2) is 44.0 Å². The van der Waals surface area contributed by atoms with Crippen molar-refractivity contribution in [1.82, 2.24) is 19.7 Å². The summed E-state index contributed by atoms with van der Waals surface area (Å²) in [7, 11) is 0. The van der Waals surface area contributed by atoms with Gasteiger partial charge in [0.05, 0.1) is 29.6 Å². The minimum absolute atomic E-state index is 0.137. The van der Waals surface area contributed by atoms with Crippen LogP contribution in [0, 0.1) is 5.82 Å². The first-order valence-electron chi connectivity index (χ1n) is 10.4. The number of nitrogens with zero attached hydrogens (tertiary/aromatic N) is 4. The van der Waals surface area contributed by atoms with E-state index >= 15 is 0 Å². The minimum atomic E-state index is -0.404. The van der Waals surface area contributed by atoms with Crippen LogP contribution in [0.15, 0.2) is 72.2 Å². The van der Waals surface area contributed by atoms with Crippen LogP contribution in [0.4, 0.5) is 10.1 Å². The lowest BCUT2D eigenvalue weighted by Gasteiger charge is -2.06. The summed E-state index contributed by atoms with van der Waals surface area (Å²) in [6.45, 7) is 2.07. The summed E-state index contributed by atoms with van der Waals surface area (Å²) in [5, 5.41) is 8.49. The van der Waals surface area contributed by atoms with E-state index in [4.69, 9.17) is 4.74 Å². The minimum Gasteiger partial charge on any atom is -0.463 e. The fourth-order valence-electron chi connectivity index (χ4n) is 3.07. The van der Waals surface area contributed by atoms with Crippen LogP contribution in [-0.2, 0) is 14.3 Å². The Hall–Kier alpha value is -4.05. The number of nitrogens with one attached hydrogen (secondary N) is 1. The molecule has 4 rings (SSSR count). The summed E-state index contributed by atoms with van der Waals surface area (Å²) in [4.78, 5) is 32.4. The second-order valence-corrected chi connectivity index (χ2v) is 7.96. The molecule has 2 aromatic carbocycles. The Morgan fingerprint density at radius 3 is 2.62 bits per heavy atom. The van der Waals surface area contributed by atoms with E-state index in [-0.39, 0.29) is 17.5 Å². The predicted octanol–water partition coefficient (Wildman–Crippen LogP) is 4.26. The first kappa shape index (κ1) is 23.1. The molecule has 8 nitrogen and oxygen atoms in total. The lowest BCUT2D eigenvalue weighted by molar-refractivity contribution is -0.137. The van der Waals surface area contributed by atoms with Gasteiger partial charge >= 0.3 is 5.97 Å². The molecule has 0 unspecified atom stereocenters. The molecule has 4 aromatic rings. The number of rotatable bonds is 8. The Labute approximate surface area is 198 Å². The van der Waals surface area contributed by atoms with Gasteiger partial charge in [-0.05, 0) is 55.0 Å². The van der Waals surface area contributed by atoms with Gasteiger partial charge in [0.25, 0.3) is 0 Å². The molecule has 0 bridgehead atoms. The molecule has 2 aromatic heterocycles. The SMILES string of the molecule is CCOC(=O)/C=C/c1ccc(NC(=O)CSc2ncnc3c2cnn3-c2ccc(F)cc2)cc1. The molecule has 172 valence electrons. The van der Waals surface area contributed by atoms with Gasteiger partial charge in [-0.3, -0.25) is 4.79 Å². The van der Waals surface area contributed by atoms with Crippen molar-refractivity contribution in [1.29, 1.82) is 0 Å². The molecular weight excluding hydrogens is 457 g/mol. The molecule has 0 aliphatic heterocycles. The van der Waals surface area contributed by atoms with Gasteiger partial charge in [0.1, 0.15) is 17.2 Å². The molecule has 0 saturated carbocycles. The van der Waals surface area contributed by atoms with E-state index in [1.54, 1.807) is 60.3 Å². The Bertz CT molecular complexity index is 1340. The quantitative estimate of drug-likeness (QED) is 0.175. The first-order valence-corrected chi connectivity index (χ1v) is 11.3. The third kappa shape index (κ3) is 5.65. The van der Waals surface area contributed by atoms with Crippen molar-refractivity contribution in [3.05, 3.63) is 78.5 Å². The van der Waals surface area contributed by atoms with E-state index < -0.39 is 5.97 Å². The normalized spacial score (nSPS) is 11.1. The number of fused-ring (bicyclic) bond motifs is 1. The largest absolute Gasteiger partial charge is 0.463 e. The van der Waals surface area contributed by atoms with Crippen LogP contribution >= 0.6 is 11.8 Å². The van der Waals surface area contributed by atoms with Crippen LogP contribution in [0.2, 0.25) is 0 Å². The topological polar surface area (TPSA) is 99.0 Å². The lowest BCUT2D eigenvalue weighted by Crippen LogP contribution is -2.14. The fraction of sp³-hybridized carbons (Fsp3) is 0.125. The second-order valence-electron chi connectivity index (χ2n) is 6.99. The van der Waals surface area contributed by atoms with Gasteiger partial charge < -0.3 is 10.1 Å². The van der Waals surface area contributed by atoms with Crippen molar-refractivity contribution in [2.24, 2.45) is 0 Å². The molecule has 0 saturated heterocycles. The maximum Gasteiger partial charge on any atom is 0.330 e. The molecule has 10 heteroatoms. The molecular formula is C24H20FN5O3S. The van der Waals surface area contributed by atoms with Crippen molar-refractivity contribution < 1.29 is 18.7 Å². The Balaban J connectivity index is 1.38. The maximum absolute atomic E-state index is 13.2. The number of anilines is 1. The molecule has 34 heavy (non-hydrogen) atoms. The number of halogens is 1. The smallest absolute Gasteiger partial charge is 0.330 e. The maximum atomic E-state index is 13.2. The van der Waals surface area contributed by atoms with Crippen LogP contribution in [0.3, 0.4) is 0 Å². The van der Waals surface area contributed by atoms with Gasteiger partial charge in [-0.1, -0.05) is 23.9 Å². The van der Waals surface area contributed by atoms with Gasteiger partial charge in [-0.2, -0.15) is 5.10 Å². The summed E-state index contributed by atoms with van der Waals surface area (Å²) in [6.07, 6.45) is 6.04. The number of esters is 1. The van der Waals surface area contributed by atoms with E-state index in [9.17, 15) is 14.0 Å². The summed E-state index contributed by atoms with van der Waals surface area (Å²) < 4.78 is 19.7. The zero-order valence-corrected chi connectivity index (χ0v) is 19.0. The molecule has 0 radical (unpaired) electrons. The third-order valence-electron chi connectivity index (χ3n) is 4.63. The fourth-order valence-corrected chi connectivity index (χ4v) is 3.83. The molecule has 0 aliphatic rings. The van der Waals surface area contributed by atoms with Crippen LogP contribution in [0.1, 0.15) is 12.5 Å². The van der Waals surface area contributed by atoms with Gasteiger partial charge in [0.2, 0.25) is 5.91 Å². The number of hydrogen-bond acceptors (Lipinski definition) is 7. The van der Waals surface area contributed by atoms with Crippen LogP contribution < -0.4 is 5.32 Å². The van der Waals surface area contributed by atoms with Crippen LogP contribution in [0.25, 0.3) is 22.8 Å². The number of amides is 1. The zero-order chi connectivity index (χ0) is 23.9. The molecule has 0 spiro atoms. The molecule has 0 fully saturated rings. The average molecular weight is 478 g/mol. The third-order valence-corrected chi connectivity index (χ3v) is 5.64. The Kier molecular flexibility index (Phi) is 7.28. The van der Waals surface area contributed by atoms with E-state index in [0.29, 0.717) is 34.0 Å². The number of benzene rings is 2. The average Bonchev–Trinajstić information content (AvgIpc) is 3.28. The van der Waals surface area contributed by atoms with Gasteiger partial charge in [-0.15, -0.1) is 0 Å².